The summed E-state index contributed by atoms with van der Waals surface area (Å²) < 4.78 is 0. The first-order chi connectivity index (χ1) is 7.22. The summed E-state index contributed by atoms with van der Waals surface area (Å²) in [6.45, 7) is 0. The van der Waals surface area contributed by atoms with Crippen LogP contribution in [0.5, 0.6) is 0 Å². The number of aromatic nitrogens is 2. The van der Waals surface area contributed by atoms with Gasteiger partial charge in [-0.15, -0.1) is 11.8 Å². The summed E-state index contributed by atoms with van der Waals surface area (Å²) in [5, 5.41) is 19.8. The zero-order valence-electron chi connectivity index (χ0n) is 8.08. The highest BCUT2D eigenvalue weighted by atomic mass is 32.2. The van der Waals surface area contributed by atoms with E-state index in [2.05, 4.69) is 9.97 Å². The first-order valence-corrected chi connectivity index (χ1v) is 5.59. The van der Waals surface area contributed by atoms with Crippen molar-refractivity contribution in [1.82, 2.24) is 9.97 Å². The highest BCUT2D eigenvalue weighted by Gasteiger charge is 2.12. The molecule has 0 fully saturated rings. The number of rotatable bonds is 2. The topological polar surface area (TPSA) is 66.2 Å². The van der Waals surface area contributed by atoms with Crippen LogP contribution in [0.1, 0.15) is 0 Å². The van der Waals surface area contributed by atoms with Crippen LogP contribution >= 0.6 is 11.8 Å². The Morgan fingerprint density at radius 1 is 1.27 bits per heavy atom. The molecule has 0 radical (unpaired) electrons. The summed E-state index contributed by atoms with van der Waals surface area (Å²) in [6, 6.07) is 5.10. The number of benzene rings is 1. The van der Waals surface area contributed by atoms with Crippen molar-refractivity contribution in [2.75, 3.05) is 6.26 Å². The second-order valence-corrected chi connectivity index (χ2v) is 3.83. The van der Waals surface area contributed by atoms with Crippen molar-refractivity contribution in [2.24, 2.45) is 0 Å². The van der Waals surface area contributed by atoms with Gasteiger partial charge in [0.15, 0.2) is 0 Å². The summed E-state index contributed by atoms with van der Waals surface area (Å²) >= 11 is 1.50. The van der Waals surface area contributed by atoms with Crippen LogP contribution in [0, 0.1) is 0 Å². The molecule has 0 aliphatic heterocycles. The Morgan fingerprint density at radius 3 is 2.73 bits per heavy atom. The lowest BCUT2D eigenvalue weighted by molar-refractivity contribution is 0.426. The van der Waals surface area contributed by atoms with Crippen molar-refractivity contribution in [3.8, 4) is 0 Å². The lowest BCUT2D eigenvalue weighted by Gasteiger charge is -2.04. The molecule has 0 aliphatic rings. The van der Waals surface area contributed by atoms with E-state index in [0.29, 0.717) is 5.46 Å². The van der Waals surface area contributed by atoms with Gasteiger partial charge in [-0.3, -0.25) is 0 Å². The molecule has 1 aromatic carbocycles. The highest BCUT2D eigenvalue weighted by Crippen LogP contribution is 2.20. The molecule has 76 valence electrons. The maximum Gasteiger partial charge on any atom is 0.488 e. The minimum absolute atomic E-state index is 0.451. The highest BCUT2D eigenvalue weighted by molar-refractivity contribution is 7.98. The Balaban J connectivity index is 2.67. The van der Waals surface area contributed by atoms with Gasteiger partial charge in [0.1, 0.15) is 11.4 Å². The number of hydrogen-bond acceptors (Lipinski definition) is 5. The number of hydrogen-bond donors (Lipinski definition) is 2. The molecule has 2 N–H and O–H groups in total. The molecule has 0 saturated heterocycles. The molecule has 1 heterocycles. The van der Waals surface area contributed by atoms with Crippen LogP contribution in [0.2, 0.25) is 0 Å². The van der Waals surface area contributed by atoms with Crippen LogP contribution in [0.3, 0.4) is 0 Å². The molecule has 0 unspecified atom stereocenters. The molecule has 0 amide bonds. The fourth-order valence-electron chi connectivity index (χ4n) is 1.37. The summed E-state index contributed by atoms with van der Waals surface area (Å²) in [4.78, 5) is 8.22. The number of fused-ring (bicyclic) bond motifs is 1. The summed E-state index contributed by atoms with van der Waals surface area (Å²) in [5.74, 6) is 0. The number of thioether (sulfide) groups is 1. The van der Waals surface area contributed by atoms with Gasteiger partial charge >= 0.3 is 7.12 Å². The average Bonchev–Trinajstić information content (AvgIpc) is 2.27. The Bertz CT molecular complexity index is 492. The fraction of sp³-hybridized carbons (Fsp3) is 0.111. The summed E-state index contributed by atoms with van der Waals surface area (Å²) in [6.07, 6.45) is 3.42. The Morgan fingerprint density at radius 2 is 2.07 bits per heavy atom. The number of nitrogens with zero attached hydrogens (tertiary/aromatic N) is 2. The third-order valence-corrected chi connectivity index (χ3v) is 2.83. The van der Waals surface area contributed by atoms with Crippen molar-refractivity contribution < 1.29 is 10.0 Å². The van der Waals surface area contributed by atoms with Crippen molar-refractivity contribution in [2.45, 2.75) is 5.03 Å². The van der Waals surface area contributed by atoms with Gasteiger partial charge in [0.2, 0.25) is 0 Å². The molecule has 2 aromatic rings. The molecule has 1 aromatic heterocycles. The normalized spacial score (nSPS) is 10.6. The molecule has 0 aliphatic carbocycles. The quantitative estimate of drug-likeness (QED) is 0.424. The average molecular weight is 220 g/mol. The van der Waals surface area contributed by atoms with Gasteiger partial charge < -0.3 is 10.0 Å². The second-order valence-electron chi connectivity index (χ2n) is 3.03. The third-order valence-electron chi connectivity index (χ3n) is 2.11. The smallest absolute Gasteiger partial charge is 0.423 e. The van der Waals surface area contributed by atoms with Gasteiger partial charge in [-0.2, -0.15) is 0 Å². The molecule has 0 atom stereocenters. The van der Waals surface area contributed by atoms with E-state index in [1.54, 1.807) is 18.2 Å². The van der Waals surface area contributed by atoms with Crippen LogP contribution in [-0.4, -0.2) is 33.4 Å². The minimum atomic E-state index is -1.45. The maximum absolute atomic E-state index is 9.05. The lowest BCUT2D eigenvalue weighted by atomic mass is 9.80. The SMILES string of the molecule is CSc1ncnc2ccc(B(O)O)cc12. The maximum atomic E-state index is 9.05. The van der Waals surface area contributed by atoms with Crippen LogP contribution < -0.4 is 5.46 Å². The van der Waals surface area contributed by atoms with Crippen LogP contribution in [-0.2, 0) is 0 Å². The fourth-order valence-corrected chi connectivity index (χ4v) is 1.91. The molecule has 0 saturated carbocycles. The predicted octanol–water partition coefficient (Wildman–Crippen LogP) is 0.0315. The Kier molecular flexibility index (Phi) is 2.90. The van der Waals surface area contributed by atoms with Gasteiger partial charge in [-0.25, -0.2) is 9.97 Å². The Labute approximate surface area is 91.5 Å². The molecule has 15 heavy (non-hydrogen) atoms. The van der Waals surface area contributed by atoms with E-state index in [9.17, 15) is 0 Å². The zero-order valence-corrected chi connectivity index (χ0v) is 8.90. The molecule has 4 nitrogen and oxygen atoms in total. The Hall–Kier alpha value is -1.11. The molecule has 2 rings (SSSR count). The van der Waals surface area contributed by atoms with E-state index in [1.807, 2.05) is 6.26 Å². The van der Waals surface area contributed by atoms with E-state index in [4.69, 9.17) is 10.0 Å². The first-order valence-electron chi connectivity index (χ1n) is 4.37. The van der Waals surface area contributed by atoms with Gasteiger partial charge in [-0.1, -0.05) is 12.1 Å². The first kappa shape index (κ1) is 10.4. The van der Waals surface area contributed by atoms with Gasteiger partial charge in [0.25, 0.3) is 0 Å². The monoisotopic (exact) mass is 220 g/mol. The third kappa shape index (κ3) is 1.97. The van der Waals surface area contributed by atoms with Crippen LogP contribution in [0.4, 0.5) is 0 Å². The second kappa shape index (κ2) is 4.18. The predicted molar refractivity (Wildman–Crippen MR) is 61.1 cm³/mol. The van der Waals surface area contributed by atoms with Crippen LogP contribution in [0.15, 0.2) is 29.6 Å². The van der Waals surface area contributed by atoms with Crippen molar-refractivity contribution in [1.29, 1.82) is 0 Å². The van der Waals surface area contributed by atoms with E-state index < -0.39 is 7.12 Å². The van der Waals surface area contributed by atoms with Gasteiger partial charge in [0.05, 0.1) is 5.52 Å². The molecular weight excluding hydrogens is 211 g/mol. The van der Waals surface area contributed by atoms with Crippen LogP contribution in [0.25, 0.3) is 10.9 Å². The summed E-state index contributed by atoms with van der Waals surface area (Å²) in [7, 11) is -1.45. The van der Waals surface area contributed by atoms with Crippen molar-refractivity contribution in [3.63, 3.8) is 0 Å². The van der Waals surface area contributed by atoms with E-state index >= 15 is 0 Å². The van der Waals surface area contributed by atoms with Gasteiger partial charge in [0, 0.05) is 5.39 Å². The van der Waals surface area contributed by atoms with Crippen molar-refractivity contribution >= 4 is 35.2 Å². The van der Waals surface area contributed by atoms with E-state index in [0.717, 1.165) is 15.9 Å². The molecule has 0 spiro atoms. The molecular formula is C9H9BN2O2S. The zero-order chi connectivity index (χ0) is 10.8. The minimum Gasteiger partial charge on any atom is -0.423 e. The van der Waals surface area contributed by atoms with Crippen molar-refractivity contribution in [3.05, 3.63) is 24.5 Å². The molecule has 6 heteroatoms. The largest absolute Gasteiger partial charge is 0.488 e. The van der Waals surface area contributed by atoms with E-state index in [1.165, 1.54) is 18.1 Å². The summed E-state index contributed by atoms with van der Waals surface area (Å²) in [5.41, 5.74) is 1.26. The molecule has 0 bridgehead atoms. The standard InChI is InChI=1S/C9H9BN2O2S/c1-15-9-7-4-6(10(13)14)2-3-8(7)11-5-12-9/h2-5,13-14H,1H3. The van der Waals surface area contributed by atoms with Gasteiger partial charge in [-0.05, 0) is 17.8 Å². The lowest BCUT2D eigenvalue weighted by Crippen LogP contribution is -2.29. The van der Waals surface area contributed by atoms with E-state index in [-0.39, 0.29) is 0 Å².